The second-order valence-corrected chi connectivity index (χ2v) is 7.92. The van der Waals surface area contributed by atoms with Crippen LogP contribution < -0.4 is 5.73 Å². The van der Waals surface area contributed by atoms with Crippen molar-refractivity contribution in [2.45, 2.75) is 19.3 Å². The zero-order valence-corrected chi connectivity index (χ0v) is 13.2. The number of hydrogen-bond donors (Lipinski definition) is 1. The number of sulfone groups is 1. The maximum atomic E-state index is 12.4. The van der Waals surface area contributed by atoms with Crippen LogP contribution in [0.25, 0.3) is 11.5 Å². The summed E-state index contributed by atoms with van der Waals surface area (Å²) in [6.07, 6.45) is 2.81. The van der Waals surface area contributed by atoms with Gasteiger partial charge in [-0.3, -0.25) is 9.78 Å². The minimum Gasteiger partial charge on any atom is -0.368 e. The van der Waals surface area contributed by atoms with Gasteiger partial charge in [0.15, 0.2) is 0 Å². The molecule has 0 saturated carbocycles. The van der Waals surface area contributed by atoms with E-state index in [4.69, 9.17) is 5.73 Å². The molecule has 0 aromatic carbocycles. The zero-order valence-electron chi connectivity index (χ0n) is 12.4. The highest BCUT2D eigenvalue weighted by Crippen LogP contribution is 2.23. The summed E-state index contributed by atoms with van der Waals surface area (Å²) in [7, 11) is -2.94. The van der Waals surface area contributed by atoms with Gasteiger partial charge in [-0.05, 0) is 30.9 Å². The molecule has 1 saturated heterocycles. The Morgan fingerprint density at radius 1 is 1.30 bits per heavy atom. The Morgan fingerprint density at radius 2 is 2.04 bits per heavy atom. The number of aromatic nitrogens is 4. The largest absolute Gasteiger partial charge is 0.368 e. The van der Waals surface area contributed by atoms with Crippen molar-refractivity contribution in [2.24, 2.45) is 5.92 Å². The molecule has 2 aromatic heterocycles. The van der Waals surface area contributed by atoms with Crippen LogP contribution in [0.5, 0.6) is 0 Å². The van der Waals surface area contributed by atoms with E-state index in [1.807, 2.05) is 0 Å². The summed E-state index contributed by atoms with van der Waals surface area (Å²) in [5.41, 5.74) is 6.31. The fourth-order valence-electron chi connectivity index (χ4n) is 2.59. The van der Waals surface area contributed by atoms with Crippen molar-refractivity contribution in [1.82, 2.24) is 19.7 Å². The van der Waals surface area contributed by atoms with Crippen LogP contribution in [0.1, 0.15) is 24.1 Å². The molecule has 2 aromatic rings. The molecule has 0 aliphatic carbocycles. The van der Waals surface area contributed by atoms with E-state index in [-0.39, 0.29) is 35.7 Å². The van der Waals surface area contributed by atoms with E-state index in [2.05, 4.69) is 15.1 Å². The van der Waals surface area contributed by atoms with Crippen molar-refractivity contribution in [3.05, 3.63) is 24.4 Å². The Balaban J connectivity index is 1.72. The molecule has 3 heterocycles. The first-order valence-electron chi connectivity index (χ1n) is 7.32. The molecular weight excluding hydrogens is 318 g/mol. The predicted octanol–water partition coefficient (Wildman–Crippen LogP) is 0.777. The monoisotopic (exact) mass is 335 g/mol. The first-order valence-corrected chi connectivity index (χ1v) is 9.14. The molecule has 9 heteroatoms. The van der Waals surface area contributed by atoms with Crippen LogP contribution in [0.15, 0.2) is 24.4 Å². The molecule has 1 aliphatic rings. The van der Waals surface area contributed by atoms with Gasteiger partial charge in [-0.2, -0.15) is 9.67 Å². The highest BCUT2D eigenvalue weighted by molar-refractivity contribution is 7.91. The highest BCUT2D eigenvalue weighted by atomic mass is 32.2. The quantitative estimate of drug-likeness (QED) is 0.879. The molecule has 3 rings (SSSR count). The Bertz CT molecular complexity index is 802. The van der Waals surface area contributed by atoms with Gasteiger partial charge in [-0.25, -0.2) is 8.42 Å². The van der Waals surface area contributed by atoms with Crippen molar-refractivity contribution >= 4 is 21.7 Å². The highest BCUT2D eigenvalue weighted by Gasteiger charge is 2.27. The van der Waals surface area contributed by atoms with Crippen molar-refractivity contribution < 1.29 is 13.2 Å². The maximum absolute atomic E-state index is 12.4. The number of hydrogen-bond acceptors (Lipinski definition) is 7. The van der Waals surface area contributed by atoms with E-state index in [0.29, 0.717) is 24.4 Å². The molecule has 1 aliphatic heterocycles. The average Bonchev–Trinajstić information content (AvgIpc) is 2.92. The second kappa shape index (κ2) is 6.07. The minimum atomic E-state index is -2.94. The van der Waals surface area contributed by atoms with Crippen LogP contribution in [0.3, 0.4) is 0 Å². The van der Waals surface area contributed by atoms with Gasteiger partial charge in [0.05, 0.1) is 11.5 Å². The molecule has 0 atom stereocenters. The molecule has 1 fully saturated rings. The number of carbonyl (C=O) groups excluding carboxylic acids is 1. The van der Waals surface area contributed by atoms with Crippen LogP contribution in [-0.2, 0) is 9.84 Å². The number of carbonyl (C=O) groups is 1. The number of rotatable bonds is 3. The van der Waals surface area contributed by atoms with Crippen LogP contribution in [-0.4, -0.2) is 45.6 Å². The molecule has 2 N–H and O–H groups in total. The fourth-order valence-corrected chi connectivity index (χ4v) is 4.18. The van der Waals surface area contributed by atoms with E-state index in [1.165, 1.54) is 0 Å². The summed E-state index contributed by atoms with van der Waals surface area (Å²) in [5.74, 6) is 0.338. The van der Waals surface area contributed by atoms with Gasteiger partial charge in [0.25, 0.3) is 0 Å². The third-order valence-electron chi connectivity index (χ3n) is 3.90. The van der Waals surface area contributed by atoms with Gasteiger partial charge >= 0.3 is 0 Å². The molecule has 0 bridgehead atoms. The van der Waals surface area contributed by atoms with Gasteiger partial charge in [0.2, 0.25) is 17.7 Å². The predicted molar refractivity (Wildman–Crippen MR) is 84.3 cm³/mol. The first kappa shape index (κ1) is 15.6. The lowest BCUT2D eigenvalue weighted by Crippen LogP contribution is -2.27. The van der Waals surface area contributed by atoms with Crippen LogP contribution in [0.2, 0.25) is 0 Å². The molecule has 0 radical (unpaired) electrons. The van der Waals surface area contributed by atoms with E-state index in [9.17, 15) is 13.2 Å². The topological polar surface area (TPSA) is 121 Å². The SMILES string of the molecule is Nc1nc(-c2ccccn2)nn1C(=O)CC1CCS(=O)(=O)CC1. The lowest BCUT2D eigenvalue weighted by molar-refractivity contribution is 0.0863. The van der Waals surface area contributed by atoms with E-state index in [1.54, 1.807) is 24.4 Å². The fraction of sp³-hybridized carbons (Fsp3) is 0.429. The standard InChI is InChI=1S/C14H17N5O3S/c15-14-17-13(11-3-1-2-6-16-11)18-19(14)12(20)9-10-4-7-23(21,22)8-5-10/h1-3,6,10H,4-5,7-9H2,(H2,15,17,18). The van der Waals surface area contributed by atoms with Crippen molar-refractivity contribution in [1.29, 1.82) is 0 Å². The van der Waals surface area contributed by atoms with Gasteiger partial charge in [-0.15, -0.1) is 5.10 Å². The number of pyridine rings is 1. The Labute approximate surface area is 133 Å². The number of nitrogen functional groups attached to an aromatic ring is 1. The number of anilines is 1. The van der Waals surface area contributed by atoms with E-state index in [0.717, 1.165) is 4.68 Å². The molecule has 0 unspecified atom stereocenters. The summed E-state index contributed by atoms with van der Waals surface area (Å²) in [5, 5.41) is 4.12. The van der Waals surface area contributed by atoms with Gasteiger partial charge in [0, 0.05) is 12.6 Å². The van der Waals surface area contributed by atoms with Gasteiger partial charge < -0.3 is 5.73 Å². The Kier molecular flexibility index (Phi) is 4.12. The maximum Gasteiger partial charge on any atom is 0.250 e. The van der Waals surface area contributed by atoms with Crippen molar-refractivity contribution in [2.75, 3.05) is 17.2 Å². The van der Waals surface area contributed by atoms with Gasteiger partial charge in [0.1, 0.15) is 15.5 Å². The third kappa shape index (κ3) is 3.55. The Morgan fingerprint density at radius 3 is 2.70 bits per heavy atom. The van der Waals surface area contributed by atoms with E-state index < -0.39 is 9.84 Å². The molecular formula is C14H17N5O3S. The summed E-state index contributed by atoms with van der Waals surface area (Å²) < 4.78 is 23.9. The molecule has 0 spiro atoms. The summed E-state index contributed by atoms with van der Waals surface area (Å²) in [6, 6.07) is 5.30. The number of nitrogens with two attached hydrogens (primary N) is 1. The smallest absolute Gasteiger partial charge is 0.250 e. The zero-order chi connectivity index (χ0) is 16.4. The van der Waals surface area contributed by atoms with Gasteiger partial charge in [-0.1, -0.05) is 6.07 Å². The summed E-state index contributed by atoms with van der Waals surface area (Å²) in [6.45, 7) is 0. The summed E-state index contributed by atoms with van der Waals surface area (Å²) >= 11 is 0. The van der Waals surface area contributed by atoms with Crippen molar-refractivity contribution in [3.8, 4) is 11.5 Å². The second-order valence-electron chi connectivity index (χ2n) is 5.61. The van der Waals surface area contributed by atoms with Crippen molar-refractivity contribution in [3.63, 3.8) is 0 Å². The lowest BCUT2D eigenvalue weighted by Gasteiger charge is -2.20. The lowest BCUT2D eigenvalue weighted by atomic mass is 9.98. The molecule has 0 amide bonds. The normalized spacial score (nSPS) is 17.9. The van der Waals surface area contributed by atoms with Crippen LogP contribution in [0.4, 0.5) is 5.95 Å². The molecule has 122 valence electrons. The summed E-state index contributed by atoms with van der Waals surface area (Å²) in [4.78, 5) is 20.5. The van der Waals surface area contributed by atoms with Crippen LogP contribution in [0, 0.1) is 5.92 Å². The molecule has 23 heavy (non-hydrogen) atoms. The molecule has 8 nitrogen and oxygen atoms in total. The first-order chi connectivity index (χ1) is 10.9. The van der Waals surface area contributed by atoms with Crippen LogP contribution >= 0.6 is 0 Å². The minimum absolute atomic E-state index is 0.0130. The Hall–Kier alpha value is -2.29. The van der Waals surface area contributed by atoms with E-state index >= 15 is 0 Å². The third-order valence-corrected chi connectivity index (χ3v) is 5.62. The number of nitrogens with zero attached hydrogens (tertiary/aromatic N) is 4. The average molecular weight is 335 g/mol.